The van der Waals surface area contributed by atoms with Crippen molar-refractivity contribution in [3.8, 4) is 0 Å². The molecule has 0 spiro atoms. The van der Waals surface area contributed by atoms with Crippen molar-refractivity contribution in [1.82, 2.24) is 10.3 Å². The molecular formula is C15H9F2N3OS. The summed E-state index contributed by atoms with van der Waals surface area (Å²) in [5.41, 5.74) is 1.07. The first-order chi connectivity index (χ1) is 10.6. The van der Waals surface area contributed by atoms with Crippen LogP contribution < -0.4 is 5.32 Å². The lowest BCUT2D eigenvalue weighted by atomic mass is 10.2. The van der Waals surface area contributed by atoms with Crippen molar-refractivity contribution in [2.45, 2.75) is 0 Å². The van der Waals surface area contributed by atoms with Crippen molar-refractivity contribution < 1.29 is 13.6 Å². The first-order valence-electron chi connectivity index (χ1n) is 6.26. The number of hydrogen-bond donors (Lipinski definition) is 1. The lowest BCUT2D eigenvalue weighted by molar-refractivity contribution is 0.265. The van der Waals surface area contributed by atoms with E-state index in [1.165, 1.54) is 6.07 Å². The smallest absolute Gasteiger partial charge is 0.289 e. The number of aliphatic imine (C=N–C) groups is 1. The van der Waals surface area contributed by atoms with Gasteiger partial charge < -0.3 is 5.32 Å². The maximum Gasteiger partial charge on any atom is 0.289 e. The summed E-state index contributed by atoms with van der Waals surface area (Å²) in [5, 5.41) is 2.30. The van der Waals surface area contributed by atoms with Gasteiger partial charge in [0.05, 0.1) is 10.6 Å². The number of nitrogens with one attached hydrogen (secondary N) is 1. The first kappa shape index (κ1) is 14.4. The Balaban J connectivity index is 1.96. The highest BCUT2D eigenvalue weighted by Crippen LogP contribution is 2.28. The van der Waals surface area contributed by atoms with Gasteiger partial charge in [-0.2, -0.15) is 0 Å². The Morgan fingerprint density at radius 2 is 1.91 bits per heavy atom. The quantitative estimate of drug-likeness (QED) is 0.914. The molecule has 0 bridgehead atoms. The number of thioether (sulfide) groups is 1. The van der Waals surface area contributed by atoms with Gasteiger partial charge in [-0.1, -0.05) is 0 Å². The molecule has 1 aliphatic rings. The van der Waals surface area contributed by atoms with Crippen LogP contribution in [0.3, 0.4) is 0 Å². The number of amidine groups is 1. The zero-order valence-electron chi connectivity index (χ0n) is 11.1. The molecule has 0 radical (unpaired) electrons. The van der Waals surface area contributed by atoms with Crippen LogP contribution in [0.5, 0.6) is 0 Å². The predicted molar refractivity (Wildman–Crippen MR) is 81.8 cm³/mol. The number of rotatable bonds is 2. The van der Waals surface area contributed by atoms with Gasteiger partial charge in [-0.15, -0.1) is 0 Å². The van der Waals surface area contributed by atoms with Crippen molar-refractivity contribution in [2.75, 3.05) is 0 Å². The van der Waals surface area contributed by atoms with Crippen LogP contribution in [0.4, 0.5) is 19.3 Å². The maximum absolute atomic E-state index is 13.2. The lowest BCUT2D eigenvalue weighted by Crippen LogP contribution is -2.18. The van der Waals surface area contributed by atoms with Crippen LogP contribution in [-0.2, 0) is 0 Å². The third kappa shape index (κ3) is 3.20. The molecular weight excluding hydrogens is 308 g/mol. The van der Waals surface area contributed by atoms with E-state index in [1.807, 2.05) is 0 Å². The number of halogens is 2. The van der Waals surface area contributed by atoms with Gasteiger partial charge in [-0.05, 0) is 47.7 Å². The van der Waals surface area contributed by atoms with Gasteiger partial charge >= 0.3 is 0 Å². The fourth-order valence-corrected chi connectivity index (χ4v) is 2.54. The van der Waals surface area contributed by atoms with Crippen molar-refractivity contribution in [1.29, 1.82) is 0 Å². The van der Waals surface area contributed by atoms with E-state index in [0.717, 1.165) is 29.5 Å². The van der Waals surface area contributed by atoms with Crippen molar-refractivity contribution in [2.24, 2.45) is 4.99 Å². The summed E-state index contributed by atoms with van der Waals surface area (Å²) in [5.74, 6) is -1.63. The third-order valence-electron chi connectivity index (χ3n) is 2.80. The van der Waals surface area contributed by atoms with E-state index < -0.39 is 11.6 Å². The second-order valence-corrected chi connectivity index (χ2v) is 5.38. The SMILES string of the molecule is O=C1NC(=Nc2ccc(F)c(F)c2)/C(=C\c2ccncc2)S1. The normalized spacial score (nSPS) is 18.0. The summed E-state index contributed by atoms with van der Waals surface area (Å²) in [7, 11) is 0. The van der Waals surface area contributed by atoms with Gasteiger partial charge in [0.1, 0.15) is 5.84 Å². The summed E-state index contributed by atoms with van der Waals surface area (Å²) in [6, 6.07) is 6.87. The van der Waals surface area contributed by atoms with Gasteiger partial charge in [-0.3, -0.25) is 9.78 Å². The first-order valence-corrected chi connectivity index (χ1v) is 7.08. The Bertz CT molecular complexity index is 791. The van der Waals surface area contributed by atoms with Crippen LogP contribution in [-0.4, -0.2) is 16.1 Å². The molecule has 1 saturated heterocycles. The maximum atomic E-state index is 13.2. The minimum absolute atomic E-state index is 0.220. The van der Waals surface area contributed by atoms with Gasteiger partial charge in [0.2, 0.25) is 0 Å². The largest absolute Gasteiger partial charge is 0.300 e. The van der Waals surface area contributed by atoms with Crippen molar-refractivity contribution >= 4 is 34.6 Å². The summed E-state index contributed by atoms with van der Waals surface area (Å²) in [6.07, 6.45) is 5.03. The lowest BCUT2D eigenvalue weighted by Gasteiger charge is -2.00. The number of carbonyl (C=O) groups is 1. The minimum atomic E-state index is -0.988. The van der Waals surface area contributed by atoms with Gasteiger partial charge in [0.15, 0.2) is 11.6 Å². The summed E-state index contributed by atoms with van der Waals surface area (Å²) in [4.78, 5) is 20.2. The highest BCUT2D eigenvalue weighted by molar-refractivity contribution is 8.18. The van der Waals surface area contributed by atoms with Crippen LogP contribution in [0.1, 0.15) is 5.56 Å². The molecule has 1 fully saturated rings. The molecule has 0 saturated carbocycles. The number of benzene rings is 1. The Morgan fingerprint density at radius 3 is 2.64 bits per heavy atom. The van der Waals surface area contributed by atoms with E-state index in [4.69, 9.17) is 0 Å². The van der Waals surface area contributed by atoms with E-state index in [1.54, 1.807) is 30.6 Å². The third-order valence-corrected chi connectivity index (χ3v) is 3.62. The van der Waals surface area contributed by atoms with Crippen LogP contribution in [0.25, 0.3) is 6.08 Å². The summed E-state index contributed by atoms with van der Waals surface area (Å²) in [6.45, 7) is 0. The average Bonchev–Trinajstić information content (AvgIpc) is 2.83. The monoisotopic (exact) mass is 317 g/mol. The zero-order chi connectivity index (χ0) is 15.5. The van der Waals surface area contributed by atoms with E-state index in [9.17, 15) is 13.6 Å². The molecule has 0 aliphatic carbocycles. The second-order valence-electron chi connectivity index (χ2n) is 4.36. The Labute approximate surface area is 129 Å². The summed E-state index contributed by atoms with van der Waals surface area (Å²) < 4.78 is 26.1. The van der Waals surface area contributed by atoms with E-state index in [2.05, 4.69) is 15.3 Å². The molecule has 4 nitrogen and oxygen atoms in total. The molecule has 2 aromatic rings. The van der Waals surface area contributed by atoms with Crippen molar-refractivity contribution in [3.05, 3.63) is 64.8 Å². The van der Waals surface area contributed by atoms with E-state index >= 15 is 0 Å². The molecule has 0 atom stereocenters. The van der Waals surface area contributed by atoms with Crippen LogP contribution >= 0.6 is 11.8 Å². The van der Waals surface area contributed by atoms with E-state index in [0.29, 0.717) is 10.7 Å². The number of aromatic nitrogens is 1. The molecule has 1 aromatic heterocycles. The number of nitrogens with zero attached hydrogens (tertiary/aromatic N) is 2. The number of carbonyl (C=O) groups excluding carboxylic acids is 1. The molecule has 110 valence electrons. The standard InChI is InChI=1S/C15H9F2N3OS/c16-11-2-1-10(8-12(11)17)19-14-13(22-15(21)20-14)7-9-3-5-18-6-4-9/h1-8H,(H,19,20,21)/b13-7+. The average molecular weight is 317 g/mol. The fraction of sp³-hybridized carbons (Fsp3) is 0. The van der Waals surface area contributed by atoms with E-state index in [-0.39, 0.29) is 10.9 Å². The Morgan fingerprint density at radius 1 is 1.14 bits per heavy atom. The fourth-order valence-electron chi connectivity index (χ4n) is 1.81. The molecule has 3 rings (SSSR count). The Hall–Kier alpha value is -2.54. The molecule has 7 heteroatoms. The van der Waals surface area contributed by atoms with Crippen LogP contribution in [0.15, 0.2) is 52.6 Å². The molecule has 1 amide bonds. The molecule has 1 N–H and O–H groups in total. The number of hydrogen-bond acceptors (Lipinski definition) is 4. The second kappa shape index (κ2) is 6.07. The molecule has 0 unspecified atom stereocenters. The number of pyridine rings is 1. The molecule has 2 heterocycles. The van der Waals surface area contributed by atoms with Gasteiger partial charge in [0.25, 0.3) is 5.24 Å². The number of amides is 1. The minimum Gasteiger partial charge on any atom is -0.300 e. The van der Waals surface area contributed by atoms with Crippen LogP contribution in [0.2, 0.25) is 0 Å². The topological polar surface area (TPSA) is 54.4 Å². The zero-order valence-corrected chi connectivity index (χ0v) is 11.9. The highest BCUT2D eigenvalue weighted by Gasteiger charge is 2.23. The molecule has 1 aromatic carbocycles. The predicted octanol–water partition coefficient (Wildman–Crippen LogP) is 3.89. The Kier molecular flexibility index (Phi) is 3.97. The van der Waals surface area contributed by atoms with Crippen molar-refractivity contribution in [3.63, 3.8) is 0 Å². The van der Waals surface area contributed by atoms with Crippen LogP contribution in [0, 0.1) is 11.6 Å². The summed E-state index contributed by atoms with van der Waals surface area (Å²) >= 11 is 0.987. The van der Waals surface area contributed by atoms with Gasteiger partial charge in [0, 0.05) is 18.5 Å². The molecule has 22 heavy (non-hydrogen) atoms. The van der Waals surface area contributed by atoms with Gasteiger partial charge in [-0.25, -0.2) is 13.8 Å². The highest BCUT2D eigenvalue weighted by atomic mass is 32.2. The molecule has 1 aliphatic heterocycles.